The number of rotatable bonds is 7. The van der Waals surface area contributed by atoms with E-state index >= 15 is 0 Å². The summed E-state index contributed by atoms with van der Waals surface area (Å²) in [5.74, 6) is 0. The minimum atomic E-state index is -1.23. The maximum Gasteiger partial charge on any atom is 0.0867 e. The maximum absolute atomic E-state index is 3.63. The smallest absolute Gasteiger partial charge is 0.0656 e. The van der Waals surface area contributed by atoms with E-state index in [0.29, 0.717) is 0 Å². The fourth-order valence-electron chi connectivity index (χ4n) is 3.06. The van der Waals surface area contributed by atoms with Gasteiger partial charge in [0.15, 0.2) is 0 Å². The van der Waals surface area contributed by atoms with Gasteiger partial charge in [-0.15, -0.1) is 0 Å². The van der Waals surface area contributed by atoms with E-state index in [2.05, 4.69) is 61.0 Å². The van der Waals surface area contributed by atoms with Crippen LogP contribution in [0.5, 0.6) is 0 Å². The summed E-state index contributed by atoms with van der Waals surface area (Å²) in [5.41, 5.74) is 0. The molecule has 1 rings (SSSR count). The highest BCUT2D eigenvalue weighted by atomic mass is 79.9. The van der Waals surface area contributed by atoms with E-state index in [-0.39, 0.29) is 0 Å². The lowest BCUT2D eigenvalue weighted by atomic mass is 10.4. The van der Waals surface area contributed by atoms with Crippen molar-refractivity contribution in [1.29, 1.82) is 0 Å². The monoisotopic (exact) mass is 312 g/mol. The summed E-state index contributed by atoms with van der Waals surface area (Å²) in [6.45, 7) is 7.02. The molecular formula is C15H25BrSi. The summed E-state index contributed by atoms with van der Waals surface area (Å²) in [7, 11) is -1.23. The number of hydrogen-bond acceptors (Lipinski definition) is 0. The molecule has 0 N–H and O–H groups in total. The second-order valence-corrected chi connectivity index (χ2v) is 10.6. The highest BCUT2D eigenvalue weighted by Crippen LogP contribution is 2.26. The molecule has 2 heteroatoms. The van der Waals surface area contributed by atoms with E-state index < -0.39 is 8.07 Å². The van der Waals surface area contributed by atoms with Crippen LogP contribution in [-0.4, -0.2) is 8.07 Å². The lowest BCUT2D eigenvalue weighted by Gasteiger charge is -2.32. The third kappa shape index (κ3) is 3.96. The van der Waals surface area contributed by atoms with Gasteiger partial charge in [0, 0.05) is 4.47 Å². The van der Waals surface area contributed by atoms with Gasteiger partial charge in [-0.25, -0.2) is 0 Å². The Bertz CT molecular complexity index is 318. The predicted molar refractivity (Wildman–Crippen MR) is 84.8 cm³/mol. The van der Waals surface area contributed by atoms with Crippen LogP contribution in [0, 0.1) is 0 Å². The van der Waals surface area contributed by atoms with E-state index in [0.717, 1.165) is 0 Å². The summed E-state index contributed by atoms with van der Waals surface area (Å²) in [4.78, 5) is 0. The fourth-order valence-corrected chi connectivity index (χ4v) is 9.07. The average molecular weight is 313 g/mol. The molecule has 0 fully saturated rings. The van der Waals surface area contributed by atoms with Crippen molar-refractivity contribution in [3.63, 3.8) is 0 Å². The highest BCUT2D eigenvalue weighted by Gasteiger charge is 2.32. The molecular weight excluding hydrogens is 288 g/mol. The molecule has 17 heavy (non-hydrogen) atoms. The number of hydrogen-bond donors (Lipinski definition) is 0. The molecule has 0 spiro atoms. The van der Waals surface area contributed by atoms with Gasteiger partial charge in [0.05, 0.1) is 8.07 Å². The van der Waals surface area contributed by atoms with Gasteiger partial charge in [-0.2, -0.15) is 0 Å². The lowest BCUT2D eigenvalue weighted by Crippen LogP contribution is -2.47. The maximum atomic E-state index is 3.63. The Morgan fingerprint density at radius 2 is 1.47 bits per heavy atom. The summed E-state index contributed by atoms with van der Waals surface area (Å²) in [6, 6.07) is 13.5. The minimum absolute atomic E-state index is 1.23. The molecule has 0 aliphatic rings. The first kappa shape index (κ1) is 15.0. The van der Waals surface area contributed by atoms with Gasteiger partial charge >= 0.3 is 0 Å². The molecule has 0 aliphatic heterocycles. The van der Waals surface area contributed by atoms with Crippen LogP contribution in [0.1, 0.15) is 40.0 Å². The second-order valence-electron chi connectivity index (χ2n) is 5.04. The van der Waals surface area contributed by atoms with Gasteiger partial charge in [-0.3, -0.25) is 0 Å². The summed E-state index contributed by atoms with van der Waals surface area (Å²) in [6.07, 6.45) is 4.00. The third-order valence-electron chi connectivity index (χ3n) is 3.62. The minimum Gasteiger partial charge on any atom is -0.0656 e. The predicted octanol–water partition coefficient (Wildman–Crippen LogP) is 5.33. The van der Waals surface area contributed by atoms with Gasteiger partial charge in [0.2, 0.25) is 0 Å². The van der Waals surface area contributed by atoms with Crippen LogP contribution in [0.4, 0.5) is 0 Å². The van der Waals surface area contributed by atoms with Gasteiger partial charge < -0.3 is 0 Å². The standard InChI is InChI=1S/C15H25BrSi/c1-4-10-17(11-5-2,12-6-3)15-9-7-8-14(16)13-15/h7-9,13H,4-6,10-12H2,1-3H3. The van der Waals surface area contributed by atoms with Crippen LogP contribution in [0.25, 0.3) is 0 Å². The molecule has 1 aromatic carbocycles. The molecule has 0 amide bonds. The zero-order valence-corrected chi connectivity index (χ0v) is 14.0. The Balaban J connectivity index is 3.09. The molecule has 0 atom stereocenters. The van der Waals surface area contributed by atoms with Crippen LogP contribution in [0.15, 0.2) is 28.7 Å². The van der Waals surface area contributed by atoms with Gasteiger partial charge in [-0.05, 0) is 12.1 Å². The normalized spacial score (nSPS) is 11.8. The molecule has 96 valence electrons. The topological polar surface area (TPSA) is 0 Å². The van der Waals surface area contributed by atoms with E-state index in [1.807, 2.05) is 0 Å². The Kier molecular flexibility index (Phi) is 6.50. The van der Waals surface area contributed by atoms with Crippen LogP contribution < -0.4 is 5.19 Å². The lowest BCUT2D eigenvalue weighted by molar-refractivity contribution is 0.937. The molecule has 0 aliphatic carbocycles. The van der Waals surface area contributed by atoms with E-state index in [4.69, 9.17) is 0 Å². The largest absolute Gasteiger partial charge is 0.0867 e. The molecule has 0 nitrogen and oxygen atoms in total. The average Bonchev–Trinajstić information content (AvgIpc) is 2.30. The van der Waals surface area contributed by atoms with Crippen LogP contribution >= 0.6 is 15.9 Å². The zero-order chi connectivity index (χ0) is 12.7. The first-order valence-electron chi connectivity index (χ1n) is 6.94. The zero-order valence-electron chi connectivity index (χ0n) is 11.4. The first-order chi connectivity index (χ1) is 8.18. The third-order valence-corrected chi connectivity index (χ3v) is 10.0. The molecule has 0 bridgehead atoms. The fraction of sp³-hybridized carbons (Fsp3) is 0.600. The van der Waals surface area contributed by atoms with Crippen molar-refractivity contribution < 1.29 is 0 Å². The Hall–Kier alpha value is -0.0831. The van der Waals surface area contributed by atoms with Crippen LogP contribution in [-0.2, 0) is 0 Å². The number of halogens is 1. The van der Waals surface area contributed by atoms with Crippen LogP contribution in [0.3, 0.4) is 0 Å². The van der Waals surface area contributed by atoms with Crippen molar-refractivity contribution in [3.8, 4) is 0 Å². The summed E-state index contributed by atoms with van der Waals surface area (Å²) >= 11 is 3.63. The molecule has 1 aromatic rings. The van der Waals surface area contributed by atoms with Crippen molar-refractivity contribution in [2.75, 3.05) is 0 Å². The van der Waals surface area contributed by atoms with E-state index in [1.165, 1.54) is 41.9 Å². The molecule has 0 unspecified atom stereocenters. The molecule has 0 heterocycles. The Morgan fingerprint density at radius 1 is 0.941 bits per heavy atom. The van der Waals surface area contributed by atoms with Crippen molar-refractivity contribution >= 4 is 29.2 Å². The first-order valence-corrected chi connectivity index (χ1v) is 10.4. The van der Waals surface area contributed by atoms with Gasteiger partial charge in [0.1, 0.15) is 0 Å². The van der Waals surface area contributed by atoms with Crippen molar-refractivity contribution in [3.05, 3.63) is 28.7 Å². The number of benzene rings is 1. The summed E-state index contributed by atoms with van der Waals surface area (Å²) < 4.78 is 1.25. The van der Waals surface area contributed by atoms with Gasteiger partial charge in [0.25, 0.3) is 0 Å². The summed E-state index contributed by atoms with van der Waals surface area (Å²) in [5, 5.41) is 1.66. The van der Waals surface area contributed by atoms with Crippen molar-refractivity contribution in [1.82, 2.24) is 0 Å². The SMILES string of the molecule is CCC[Si](CCC)(CCC)c1cccc(Br)c1. The molecule has 0 saturated carbocycles. The Morgan fingerprint density at radius 3 is 1.88 bits per heavy atom. The molecule has 0 saturated heterocycles. The van der Waals surface area contributed by atoms with E-state index in [9.17, 15) is 0 Å². The Labute approximate surface area is 116 Å². The second kappa shape index (κ2) is 7.37. The van der Waals surface area contributed by atoms with Crippen LogP contribution in [0.2, 0.25) is 18.1 Å². The van der Waals surface area contributed by atoms with Crippen molar-refractivity contribution in [2.45, 2.75) is 58.2 Å². The van der Waals surface area contributed by atoms with Crippen molar-refractivity contribution in [2.24, 2.45) is 0 Å². The highest BCUT2D eigenvalue weighted by molar-refractivity contribution is 9.10. The molecule has 0 aromatic heterocycles. The quantitative estimate of drug-likeness (QED) is 0.596. The molecule has 0 radical (unpaired) electrons. The van der Waals surface area contributed by atoms with Gasteiger partial charge in [-0.1, -0.05) is 91.4 Å². The van der Waals surface area contributed by atoms with E-state index in [1.54, 1.807) is 5.19 Å².